The van der Waals surface area contributed by atoms with E-state index in [2.05, 4.69) is 5.32 Å². The predicted molar refractivity (Wildman–Crippen MR) is 91.0 cm³/mol. The van der Waals surface area contributed by atoms with Crippen LogP contribution in [0, 0.1) is 6.92 Å². The zero-order valence-electron chi connectivity index (χ0n) is 14.0. The van der Waals surface area contributed by atoms with E-state index in [0.717, 1.165) is 5.56 Å². The minimum Gasteiger partial charge on any atom is -0.497 e. The number of aryl methyl sites for hydroxylation is 1. The molecule has 2 rings (SSSR count). The van der Waals surface area contributed by atoms with E-state index in [1.165, 1.54) is 0 Å². The van der Waals surface area contributed by atoms with Gasteiger partial charge in [0.1, 0.15) is 5.75 Å². The van der Waals surface area contributed by atoms with Crippen LogP contribution in [-0.4, -0.2) is 25.6 Å². The minimum atomic E-state index is -0.872. The highest BCUT2D eigenvalue weighted by Gasteiger charge is 2.26. The largest absolute Gasteiger partial charge is 0.497 e. The van der Waals surface area contributed by atoms with Crippen molar-refractivity contribution in [3.05, 3.63) is 65.2 Å². The fraction of sp³-hybridized carbons (Fsp3) is 0.263. The van der Waals surface area contributed by atoms with E-state index in [9.17, 15) is 9.59 Å². The molecule has 1 unspecified atom stereocenters. The molecule has 5 heteroatoms. The van der Waals surface area contributed by atoms with Gasteiger partial charge in [-0.05, 0) is 49.2 Å². The SMILES string of the molecule is CCOC(=O)C(NC(=O)c1ccccc1)c1ccc(OC)cc1C. The van der Waals surface area contributed by atoms with Crippen molar-refractivity contribution in [3.8, 4) is 5.75 Å². The van der Waals surface area contributed by atoms with Gasteiger partial charge in [-0.15, -0.1) is 0 Å². The van der Waals surface area contributed by atoms with Gasteiger partial charge in [0, 0.05) is 5.56 Å². The number of hydrogen-bond donors (Lipinski definition) is 1. The summed E-state index contributed by atoms with van der Waals surface area (Å²) in [6.07, 6.45) is 0. The molecule has 0 fully saturated rings. The maximum absolute atomic E-state index is 12.4. The molecule has 1 atom stereocenters. The molecule has 0 spiro atoms. The van der Waals surface area contributed by atoms with Crippen LogP contribution < -0.4 is 10.1 Å². The molecule has 0 aliphatic carbocycles. The van der Waals surface area contributed by atoms with Crippen molar-refractivity contribution in [2.24, 2.45) is 0 Å². The molecule has 1 N–H and O–H groups in total. The average molecular weight is 327 g/mol. The van der Waals surface area contributed by atoms with Crippen LogP contribution >= 0.6 is 0 Å². The Balaban J connectivity index is 2.31. The van der Waals surface area contributed by atoms with E-state index < -0.39 is 12.0 Å². The van der Waals surface area contributed by atoms with E-state index in [1.54, 1.807) is 50.4 Å². The molecule has 5 nitrogen and oxygen atoms in total. The molecule has 0 radical (unpaired) electrons. The van der Waals surface area contributed by atoms with Crippen LogP contribution in [-0.2, 0) is 9.53 Å². The fourth-order valence-corrected chi connectivity index (χ4v) is 2.39. The van der Waals surface area contributed by atoms with E-state index in [1.807, 2.05) is 19.1 Å². The van der Waals surface area contributed by atoms with Crippen molar-refractivity contribution < 1.29 is 19.1 Å². The van der Waals surface area contributed by atoms with E-state index in [-0.39, 0.29) is 12.5 Å². The molecule has 0 saturated heterocycles. The fourth-order valence-electron chi connectivity index (χ4n) is 2.39. The summed E-state index contributed by atoms with van der Waals surface area (Å²) in [4.78, 5) is 24.8. The van der Waals surface area contributed by atoms with Crippen molar-refractivity contribution in [2.75, 3.05) is 13.7 Å². The number of nitrogens with one attached hydrogen (secondary N) is 1. The third-order valence-electron chi connectivity index (χ3n) is 3.62. The van der Waals surface area contributed by atoms with Crippen molar-refractivity contribution >= 4 is 11.9 Å². The number of methoxy groups -OCH3 is 1. The lowest BCUT2D eigenvalue weighted by molar-refractivity contribution is -0.145. The molecule has 1 amide bonds. The molecule has 0 aliphatic heterocycles. The number of esters is 1. The van der Waals surface area contributed by atoms with Crippen molar-refractivity contribution in [2.45, 2.75) is 19.9 Å². The van der Waals surface area contributed by atoms with Crippen LogP contribution in [0.4, 0.5) is 0 Å². The summed E-state index contributed by atoms with van der Waals surface area (Å²) in [5.74, 6) is -0.132. The van der Waals surface area contributed by atoms with Crippen LogP contribution in [0.1, 0.15) is 34.5 Å². The lowest BCUT2D eigenvalue weighted by Crippen LogP contribution is -2.35. The van der Waals surface area contributed by atoms with Gasteiger partial charge in [-0.3, -0.25) is 4.79 Å². The van der Waals surface area contributed by atoms with Gasteiger partial charge in [0.25, 0.3) is 5.91 Å². The Labute approximate surface area is 141 Å². The monoisotopic (exact) mass is 327 g/mol. The first kappa shape index (κ1) is 17.5. The highest BCUT2D eigenvalue weighted by atomic mass is 16.5. The van der Waals surface area contributed by atoms with Gasteiger partial charge in [0.2, 0.25) is 0 Å². The lowest BCUT2D eigenvalue weighted by atomic mass is 10.0. The summed E-state index contributed by atoms with van der Waals surface area (Å²) in [5, 5.41) is 2.76. The van der Waals surface area contributed by atoms with Gasteiger partial charge in [-0.25, -0.2) is 4.79 Å². The van der Waals surface area contributed by atoms with Gasteiger partial charge in [0.15, 0.2) is 6.04 Å². The number of amides is 1. The second kappa shape index (κ2) is 8.15. The second-order valence-electron chi connectivity index (χ2n) is 5.25. The van der Waals surface area contributed by atoms with Crippen LogP contribution in [0.3, 0.4) is 0 Å². The van der Waals surface area contributed by atoms with E-state index in [0.29, 0.717) is 16.9 Å². The summed E-state index contributed by atoms with van der Waals surface area (Å²) in [6.45, 7) is 3.83. The van der Waals surface area contributed by atoms with Crippen LogP contribution in [0.5, 0.6) is 5.75 Å². The molecule has 0 heterocycles. The number of ether oxygens (including phenoxy) is 2. The van der Waals surface area contributed by atoms with Crippen LogP contribution in [0.15, 0.2) is 48.5 Å². The average Bonchev–Trinajstić information content (AvgIpc) is 2.60. The van der Waals surface area contributed by atoms with Gasteiger partial charge in [-0.1, -0.05) is 24.3 Å². The number of rotatable bonds is 6. The zero-order valence-corrected chi connectivity index (χ0v) is 14.0. The van der Waals surface area contributed by atoms with E-state index in [4.69, 9.17) is 9.47 Å². The summed E-state index contributed by atoms with van der Waals surface area (Å²) in [5.41, 5.74) is 2.00. The lowest BCUT2D eigenvalue weighted by Gasteiger charge is -2.20. The summed E-state index contributed by atoms with van der Waals surface area (Å²) in [6, 6.07) is 13.2. The Morgan fingerprint density at radius 3 is 2.42 bits per heavy atom. The Morgan fingerprint density at radius 1 is 1.12 bits per heavy atom. The quantitative estimate of drug-likeness (QED) is 0.828. The summed E-state index contributed by atoms with van der Waals surface area (Å²) < 4.78 is 10.3. The highest BCUT2D eigenvalue weighted by Crippen LogP contribution is 2.24. The molecular formula is C19H21NO4. The smallest absolute Gasteiger partial charge is 0.333 e. The Bertz CT molecular complexity index is 713. The molecule has 24 heavy (non-hydrogen) atoms. The zero-order chi connectivity index (χ0) is 17.5. The first-order valence-electron chi connectivity index (χ1n) is 7.74. The first-order valence-corrected chi connectivity index (χ1v) is 7.74. The number of hydrogen-bond acceptors (Lipinski definition) is 4. The normalized spacial score (nSPS) is 11.5. The second-order valence-corrected chi connectivity index (χ2v) is 5.25. The maximum atomic E-state index is 12.4. The molecule has 2 aromatic carbocycles. The Morgan fingerprint density at radius 2 is 1.83 bits per heavy atom. The maximum Gasteiger partial charge on any atom is 0.333 e. The van der Waals surface area contributed by atoms with Gasteiger partial charge >= 0.3 is 5.97 Å². The van der Waals surface area contributed by atoms with Crippen LogP contribution in [0.25, 0.3) is 0 Å². The Kier molecular flexibility index (Phi) is 5.95. The summed E-state index contributed by atoms with van der Waals surface area (Å²) in [7, 11) is 1.58. The topological polar surface area (TPSA) is 64.6 Å². The number of benzene rings is 2. The van der Waals surface area contributed by atoms with Gasteiger partial charge < -0.3 is 14.8 Å². The summed E-state index contributed by atoms with van der Waals surface area (Å²) >= 11 is 0. The van der Waals surface area contributed by atoms with Gasteiger partial charge in [-0.2, -0.15) is 0 Å². The van der Waals surface area contributed by atoms with Gasteiger partial charge in [0.05, 0.1) is 13.7 Å². The molecule has 126 valence electrons. The molecular weight excluding hydrogens is 306 g/mol. The predicted octanol–water partition coefficient (Wildman–Crippen LogP) is 3.04. The minimum absolute atomic E-state index is 0.242. The highest BCUT2D eigenvalue weighted by molar-refractivity contribution is 5.97. The molecule has 0 aliphatic rings. The molecule has 0 aromatic heterocycles. The molecule has 0 saturated carbocycles. The molecule has 0 bridgehead atoms. The third kappa shape index (κ3) is 4.13. The first-order chi connectivity index (χ1) is 11.6. The third-order valence-corrected chi connectivity index (χ3v) is 3.62. The number of carbonyl (C=O) groups excluding carboxylic acids is 2. The number of carbonyl (C=O) groups is 2. The van der Waals surface area contributed by atoms with Crippen molar-refractivity contribution in [1.29, 1.82) is 0 Å². The Hall–Kier alpha value is -2.82. The van der Waals surface area contributed by atoms with E-state index >= 15 is 0 Å². The molecule has 2 aromatic rings. The van der Waals surface area contributed by atoms with Crippen molar-refractivity contribution in [1.82, 2.24) is 5.32 Å². The standard InChI is InChI=1S/C19H21NO4/c1-4-24-19(22)17(16-11-10-15(23-3)12-13(16)2)20-18(21)14-8-6-5-7-9-14/h5-12,17H,4H2,1-3H3,(H,20,21). The van der Waals surface area contributed by atoms with Crippen LogP contribution in [0.2, 0.25) is 0 Å². The van der Waals surface area contributed by atoms with Crippen molar-refractivity contribution in [3.63, 3.8) is 0 Å².